The van der Waals surface area contributed by atoms with E-state index in [0.717, 1.165) is 37.4 Å². The topological polar surface area (TPSA) is 54.4 Å². The molecule has 3 nitrogen and oxygen atoms in total. The number of thioether (sulfide) groups is 1. The van der Waals surface area contributed by atoms with Gasteiger partial charge < -0.3 is 5.11 Å². The molecular weight excluding hydrogens is 224 g/mol. The quantitative estimate of drug-likeness (QED) is 0.575. The minimum absolute atomic E-state index is 0.102. The minimum Gasteiger partial charge on any atom is -0.481 e. The predicted octanol–water partition coefficient (Wildman–Crippen LogP) is 2.86. The minimum atomic E-state index is -0.913. The first-order valence-corrected chi connectivity index (χ1v) is 6.58. The Morgan fingerprint density at radius 2 is 2.12 bits per heavy atom. The fourth-order valence-electron chi connectivity index (χ4n) is 1.94. The summed E-state index contributed by atoms with van der Waals surface area (Å²) in [6, 6.07) is 0. The second-order valence-corrected chi connectivity index (χ2v) is 5.35. The Balaban J connectivity index is 2.48. The summed E-state index contributed by atoms with van der Waals surface area (Å²) < 4.78 is 0. The van der Waals surface area contributed by atoms with Crippen LogP contribution in [0.2, 0.25) is 0 Å². The first-order chi connectivity index (χ1) is 7.57. The molecular formula is C12H18O3S. The van der Waals surface area contributed by atoms with Crippen molar-refractivity contribution in [3.63, 3.8) is 0 Å². The van der Waals surface area contributed by atoms with Crippen LogP contribution in [-0.4, -0.2) is 21.4 Å². The number of hydrogen-bond acceptors (Lipinski definition) is 3. The number of carboxylic acid groups (broad SMARTS) is 1. The van der Waals surface area contributed by atoms with Crippen molar-refractivity contribution in [3.05, 3.63) is 12.2 Å². The van der Waals surface area contributed by atoms with E-state index in [1.54, 1.807) is 0 Å². The van der Waals surface area contributed by atoms with Crippen molar-refractivity contribution in [2.45, 2.75) is 44.3 Å². The molecule has 0 aromatic rings. The summed E-state index contributed by atoms with van der Waals surface area (Å²) in [5.74, 6) is -1.58. The van der Waals surface area contributed by atoms with Gasteiger partial charge in [0.2, 0.25) is 5.12 Å². The van der Waals surface area contributed by atoms with E-state index in [-0.39, 0.29) is 15.9 Å². The van der Waals surface area contributed by atoms with Crippen LogP contribution < -0.4 is 0 Å². The molecule has 2 atom stereocenters. The number of hydrogen-bond donors (Lipinski definition) is 1. The number of rotatable bonds is 6. The van der Waals surface area contributed by atoms with Gasteiger partial charge in [0.05, 0.1) is 5.92 Å². The molecule has 0 aromatic heterocycles. The average molecular weight is 242 g/mol. The van der Waals surface area contributed by atoms with Gasteiger partial charge in [-0.05, 0) is 6.42 Å². The van der Waals surface area contributed by atoms with Gasteiger partial charge in [0, 0.05) is 10.8 Å². The van der Waals surface area contributed by atoms with Gasteiger partial charge in [-0.3, -0.25) is 9.59 Å². The van der Waals surface area contributed by atoms with Crippen molar-refractivity contribution in [2.24, 2.45) is 5.92 Å². The van der Waals surface area contributed by atoms with Gasteiger partial charge >= 0.3 is 5.97 Å². The molecule has 0 radical (unpaired) electrons. The van der Waals surface area contributed by atoms with E-state index in [1.165, 1.54) is 6.42 Å². The molecule has 0 bridgehead atoms. The van der Waals surface area contributed by atoms with Crippen LogP contribution in [-0.2, 0) is 9.59 Å². The molecule has 4 heteroatoms. The maximum Gasteiger partial charge on any atom is 0.312 e. The highest BCUT2D eigenvalue weighted by Crippen LogP contribution is 2.40. The van der Waals surface area contributed by atoms with Crippen LogP contribution in [0.4, 0.5) is 0 Å². The van der Waals surface area contributed by atoms with Gasteiger partial charge in [-0.2, -0.15) is 0 Å². The number of unbranched alkanes of at least 4 members (excludes halogenated alkanes) is 3. The summed E-state index contributed by atoms with van der Waals surface area (Å²) in [6.45, 7) is 5.72. The van der Waals surface area contributed by atoms with E-state index in [1.807, 2.05) is 0 Å². The molecule has 1 heterocycles. The van der Waals surface area contributed by atoms with Crippen LogP contribution in [0.1, 0.15) is 39.0 Å². The molecule has 0 unspecified atom stereocenters. The average Bonchev–Trinajstić information content (AvgIpc) is 2.50. The molecule has 16 heavy (non-hydrogen) atoms. The highest BCUT2D eigenvalue weighted by Gasteiger charge is 2.41. The highest BCUT2D eigenvalue weighted by atomic mass is 32.2. The second-order valence-electron chi connectivity index (χ2n) is 4.13. The Morgan fingerprint density at radius 3 is 2.69 bits per heavy atom. The molecule has 1 aliphatic heterocycles. The van der Waals surface area contributed by atoms with E-state index in [0.29, 0.717) is 0 Å². The summed E-state index contributed by atoms with van der Waals surface area (Å²) in [6.07, 6.45) is 5.23. The fraction of sp³-hybridized carbons (Fsp3) is 0.667. The number of aliphatic carboxylic acids is 1. The molecule has 1 fully saturated rings. The zero-order chi connectivity index (χ0) is 12.1. The summed E-state index contributed by atoms with van der Waals surface area (Å²) in [4.78, 5) is 22.4. The molecule has 0 saturated carbocycles. The first-order valence-electron chi connectivity index (χ1n) is 5.70. The van der Waals surface area contributed by atoms with Crippen molar-refractivity contribution >= 4 is 22.8 Å². The first kappa shape index (κ1) is 13.3. The van der Waals surface area contributed by atoms with E-state index >= 15 is 0 Å². The Hall–Kier alpha value is -0.770. The third-order valence-corrected chi connectivity index (χ3v) is 4.16. The van der Waals surface area contributed by atoms with E-state index in [9.17, 15) is 9.59 Å². The van der Waals surface area contributed by atoms with Crippen molar-refractivity contribution < 1.29 is 14.7 Å². The Kier molecular flexibility index (Phi) is 5.06. The third-order valence-electron chi connectivity index (χ3n) is 2.88. The van der Waals surface area contributed by atoms with Gasteiger partial charge in [-0.1, -0.05) is 50.9 Å². The van der Waals surface area contributed by atoms with Crippen LogP contribution in [0.15, 0.2) is 12.2 Å². The molecule has 1 saturated heterocycles. The fourth-order valence-corrected chi connectivity index (χ4v) is 3.19. The molecule has 1 rings (SSSR count). The molecule has 0 aromatic carbocycles. The van der Waals surface area contributed by atoms with Crippen molar-refractivity contribution in [1.29, 1.82) is 0 Å². The normalized spacial score (nSPS) is 25.1. The molecule has 1 aliphatic rings. The van der Waals surface area contributed by atoms with Gasteiger partial charge in [-0.15, -0.1) is 0 Å². The SMILES string of the molecule is C=C1C(=O)S[C@H](CCCCCC)[C@H]1C(=O)O. The zero-order valence-corrected chi connectivity index (χ0v) is 10.4. The van der Waals surface area contributed by atoms with Gasteiger partial charge in [0.15, 0.2) is 0 Å². The summed E-state index contributed by atoms with van der Waals surface area (Å²) in [5, 5.41) is 8.80. The summed E-state index contributed by atoms with van der Waals surface area (Å²) in [7, 11) is 0. The second kappa shape index (κ2) is 6.09. The molecule has 90 valence electrons. The number of carboxylic acids is 1. The Labute approximate surface area is 100 Å². The van der Waals surface area contributed by atoms with E-state index in [2.05, 4.69) is 13.5 Å². The maximum absolute atomic E-state index is 11.4. The van der Waals surface area contributed by atoms with Crippen molar-refractivity contribution in [3.8, 4) is 0 Å². The molecule has 0 amide bonds. The van der Waals surface area contributed by atoms with Crippen molar-refractivity contribution in [2.75, 3.05) is 0 Å². The smallest absolute Gasteiger partial charge is 0.312 e. The standard InChI is InChI=1S/C12H18O3S/c1-3-4-5-6-7-9-10(11(13)14)8(2)12(15)16-9/h9-10H,2-7H2,1H3,(H,13,14)/t9-,10+/m1/s1. The lowest BCUT2D eigenvalue weighted by molar-refractivity contribution is -0.140. The Morgan fingerprint density at radius 1 is 1.44 bits per heavy atom. The van der Waals surface area contributed by atoms with Crippen molar-refractivity contribution in [1.82, 2.24) is 0 Å². The van der Waals surface area contributed by atoms with E-state index < -0.39 is 11.9 Å². The predicted molar refractivity (Wildman–Crippen MR) is 65.4 cm³/mol. The summed E-state index contributed by atoms with van der Waals surface area (Å²) >= 11 is 1.15. The van der Waals surface area contributed by atoms with Crippen LogP contribution >= 0.6 is 11.8 Å². The van der Waals surface area contributed by atoms with Crippen LogP contribution in [0.25, 0.3) is 0 Å². The molecule has 0 spiro atoms. The Bertz CT molecular complexity index is 299. The van der Waals surface area contributed by atoms with Gasteiger partial charge in [-0.25, -0.2) is 0 Å². The van der Waals surface area contributed by atoms with Crippen LogP contribution in [0.5, 0.6) is 0 Å². The van der Waals surface area contributed by atoms with Gasteiger partial charge in [0.1, 0.15) is 0 Å². The highest BCUT2D eigenvalue weighted by molar-refractivity contribution is 8.15. The lowest BCUT2D eigenvalue weighted by atomic mass is 9.94. The van der Waals surface area contributed by atoms with E-state index in [4.69, 9.17) is 5.11 Å². The monoisotopic (exact) mass is 242 g/mol. The number of carbonyl (C=O) groups is 2. The number of carbonyl (C=O) groups excluding carboxylic acids is 1. The molecule has 0 aliphatic carbocycles. The molecule has 1 N–H and O–H groups in total. The lowest BCUT2D eigenvalue weighted by Gasteiger charge is -2.13. The lowest BCUT2D eigenvalue weighted by Crippen LogP contribution is -2.22. The largest absolute Gasteiger partial charge is 0.481 e. The third kappa shape index (κ3) is 3.11. The maximum atomic E-state index is 11.4. The summed E-state index contributed by atoms with van der Waals surface area (Å²) in [5.41, 5.74) is 0.262. The van der Waals surface area contributed by atoms with Gasteiger partial charge in [0.25, 0.3) is 0 Å². The van der Waals surface area contributed by atoms with Crippen LogP contribution in [0.3, 0.4) is 0 Å². The zero-order valence-electron chi connectivity index (χ0n) is 9.57. The van der Waals surface area contributed by atoms with Crippen LogP contribution in [0, 0.1) is 5.92 Å².